The largest absolute Gasteiger partial charge is 0.496 e. The van der Waals surface area contributed by atoms with Crippen molar-refractivity contribution in [2.75, 3.05) is 7.11 Å². The van der Waals surface area contributed by atoms with Gasteiger partial charge in [-0.3, -0.25) is 0 Å². The molecule has 2 aliphatic carbocycles. The Morgan fingerprint density at radius 1 is 1.12 bits per heavy atom. The van der Waals surface area contributed by atoms with Crippen LogP contribution in [0.4, 0.5) is 0 Å². The molecule has 0 aromatic heterocycles. The molecule has 0 spiro atoms. The standard InChI is InChI=1S/C14H19NO/c1-16-13-7-6-12(14(15)8-9-14)10-4-2-3-5-11(10)13/h6-7H,2-5,8-9,15H2,1H3. The molecule has 2 nitrogen and oxygen atoms in total. The summed E-state index contributed by atoms with van der Waals surface area (Å²) in [6, 6.07) is 4.29. The number of hydrogen-bond acceptors (Lipinski definition) is 2. The maximum absolute atomic E-state index is 6.34. The number of nitrogens with two attached hydrogens (primary N) is 1. The first-order chi connectivity index (χ1) is 7.74. The molecular formula is C14H19NO. The van der Waals surface area contributed by atoms with Gasteiger partial charge in [-0.25, -0.2) is 0 Å². The van der Waals surface area contributed by atoms with Crippen molar-refractivity contribution in [3.05, 3.63) is 28.8 Å². The van der Waals surface area contributed by atoms with E-state index >= 15 is 0 Å². The van der Waals surface area contributed by atoms with Crippen LogP contribution in [0.3, 0.4) is 0 Å². The third-order valence-electron chi connectivity index (χ3n) is 4.04. The van der Waals surface area contributed by atoms with Crippen molar-refractivity contribution >= 4 is 0 Å². The van der Waals surface area contributed by atoms with E-state index in [0.717, 1.165) is 25.0 Å². The molecule has 0 unspecified atom stereocenters. The fourth-order valence-electron chi connectivity index (χ4n) is 2.90. The molecule has 0 atom stereocenters. The van der Waals surface area contributed by atoms with E-state index in [9.17, 15) is 0 Å². The summed E-state index contributed by atoms with van der Waals surface area (Å²) >= 11 is 0. The zero-order valence-corrected chi connectivity index (χ0v) is 9.88. The van der Waals surface area contributed by atoms with Gasteiger partial charge in [-0.05, 0) is 61.3 Å². The number of hydrogen-bond donors (Lipinski definition) is 1. The highest BCUT2D eigenvalue weighted by molar-refractivity contribution is 5.50. The van der Waals surface area contributed by atoms with Crippen molar-refractivity contribution < 1.29 is 4.74 Å². The van der Waals surface area contributed by atoms with E-state index in [2.05, 4.69) is 12.1 Å². The predicted octanol–water partition coefficient (Wildman–Crippen LogP) is 2.52. The molecule has 86 valence electrons. The van der Waals surface area contributed by atoms with Crippen LogP contribution in [-0.2, 0) is 18.4 Å². The zero-order valence-electron chi connectivity index (χ0n) is 9.88. The summed E-state index contributed by atoms with van der Waals surface area (Å²) in [5.74, 6) is 1.06. The Morgan fingerprint density at radius 3 is 2.44 bits per heavy atom. The quantitative estimate of drug-likeness (QED) is 0.826. The van der Waals surface area contributed by atoms with Crippen LogP contribution >= 0.6 is 0 Å². The highest BCUT2D eigenvalue weighted by atomic mass is 16.5. The molecule has 3 rings (SSSR count). The Hall–Kier alpha value is -1.02. The molecule has 1 fully saturated rings. The number of rotatable bonds is 2. The van der Waals surface area contributed by atoms with Gasteiger partial charge in [-0.1, -0.05) is 6.07 Å². The molecule has 16 heavy (non-hydrogen) atoms. The third-order valence-corrected chi connectivity index (χ3v) is 4.04. The second-order valence-electron chi connectivity index (χ2n) is 5.14. The van der Waals surface area contributed by atoms with E-state index in [1.54, 1.807) is 7.11 Å². The predicted molar refractivity (Wildman–Crippen MR) is 64.7 cm³/mol. The lowest BCUT2D eigenvalue weighted by Crippen LogP contribution is -2.23. The van der Waals surface area contributed by atoms with E-state index in [-0.39, 0.29) is 5.54 Å². The lowest BCUT2D eigenvalue weighted by molar-refractivity contribution is 0.405. The molecule has 0 saturated heterocycles. The summed E-state index contributed by atoms with van der Waals surface area (Å²) in [7, 11) is 1.76. The molecule has 0 radical (unpaired) electrons. The van der Waals surface area contributed by atoms with Crippen molar-refractivity contribution in [3.63, 3.8) is 0 Å². The van der Waals surface area contributed by atoms with Crippen LogP contribution in [0.5, 0.6) is 5.75 Å². The average molecular weight is 217 g/mol. The molecule has 0 amide bonds. The van der Waals surface area contributed by atoms with E-state index in [1.807, 2.05) is 0 Å². The molecule has 1 saturated carbocycles. The van der Waals surface area contributed by atoms with Crippen LogP contribution in [0.1, 0.15) is 42.4 Å². The number of methoxy groups -OCH3 is 1. The van der Waals surface area contributed by atoms with Crippen LogP contribution in [-0.4, -0.2) is 7.11 Å². The molecule has 2 N–H and O–H groups in total. The Kier molecular flexibility index (Phi) is 2.21. The van der Waals surface area contributed by atoms with E-state index in [4.69, 9.17) is 10.5 Å². The highest BCUT2D eigenvalue weighted by Gasteiger charge is 2.42. The fourth-order valence-corrected chi connectivity index (χ4v) is 2.90. The minimum absolute atomic E-state index is 0.00626. The molecule has 0 heterocycles. The highest BCUT2D eigenvalue weighted by Crippen LogP contribution is 2.47. The Balaban J connectivity index is 2.13. The number of benzene rings is 1. The van der Waals surface area contributed by atoms with Gasteiger partial charge in [-0.15, -0.1) is 0 Å². The van der Waals surface area contributed by atoms with Crippen LogP contribution in [0.15, 0.2) is 12.1 Å². The molecule has 0 bridgehead atoms. The van der Waals surface area contributed by atoms with Gasteiger partial charge in [-0.2, -0.15) is 0 Å². The van der Waals surface area contributed by atoms with Gasteiger partial charge in [0.1, 0.15) is 5.75 Å². The SMILES string of the molecule is COc1ccc(C2(N)CC2)c2c1CCCC2. The van der Waals surface area contributed by atoms with Crippen molar-refractivity contribution in [1.29, 1.82) is 0 Å². The first kappa shape index (κ1) is 10.2. The molecule has 2 aliphatic rings. The summed E-state index contributed by atoms with van der Waals surface area (Å²) in [6.07, 6.45) is 7.20. The summed E-state index contributed by atoms with van der Waals surface area (Å²) < 4.78 is 5.46. The minimum Gasteiger partial charge on any atom is -0.496 e. The second-order valence-corrected chi connectivity index (χ2v) is 5.14. The first-order valence-corrected chi connectivity index (χ1v) is 6.23. The van der Waals surface area contributed by atoms with Crippen LogP contribution in [0.25, 0.3) is 0 Å². The van der Waals surface area contributed by atoms with Crippen LogP contribution in [0, 0.1) is 0 Å². The van der Waals surface area contributed by atoms with Crippen molar-refractivity contribution in [3.8, 4) is 5.75 Å². The van der Waals surface area contributed by atoms with Gasteiger partial charge in [0.15, 0.2) is 0 Å². The number of fused-ring (bicyclic) bond motifs is 1. The zero-order chi connectivity index (χ0) is 11.2. The summed E-state index contributed by atoms with van der Waals surface area (Å²) in [5.41, 5.74) is 10.6. The Labute approximate surface area is 96.8 Å². The monoisotopic (exact) mass is 217 g/mol. The van der Waals surface area contributed by atoms with Crippen LogP contribution < -0.4 is 10.5 Å². The average Bonchev–Trinajstić information content (AvgIpc) is 3.07. The lowest BCUT2D eigenvalue weighted by Gasteiger charge is -2.24. The lowest BCUT2D eigenvalue weighted by atomic mass is 9.84. The van der Waals surface area contributed by atoms with Crippen molar-refractivity contribution in [1.82, 2.24) is 0 Å². The third kappa shape index (κ3) is 1.44. The van der Waals surface area contributed by atoms with Crippen LogP contribution in [0.2, 0.25) is 0 Å². The van der Waals surface area contributed by atoms with Gasteiger partial charge in [0.2, 0.25) is 0 Å². The second kappa shape index (κ2) is 3.49. The van der Waals surface area contributed by atoms with Gasteiger partial charge in [0.25, 0.3) is 0 Å². The Morgan fingerprint density at radius 2 is 1.81 bits per heavy atom. The maximum Gasteiger partial charge on any atom is 0.122 e. The maximum atomic E-state index is 6.34. The van der Waals surface area contributed by atoms with Gasteiger partial charge >= 0.3 is 0 Å². The molecule has 0 aliphatic heterocycles. The topological polar surface area (TPSA) is 35.2 Å². The molecule has 1 aromatic rings. The fraction of sp³-hybridized carbons (Fsp3) is 0.571. The van der Waals surface area contributed by atoms with Gasteiger partial charge < -0.3 is 10.5 Å². The summed E-state index contributed by atoms with van der Waals surface area (Å²) in [6.45, 7) is 0. The minimum atomic E-state index is -0.00626. The van der Waals surface area contributed by atoms with E-state index in [1.165, 1.54) is 36.0 Å². The van der Waals surface area contributed by atoms with Crippen molar-refractivity contribution in [2.45, 2.75) is 44.1 Å². The molecule has 2 heteroatoms. The van der Waals surface area contributed by atoms with Crippen molar-refractivity contribution in [2.24, 2.45) is 5.73 Å². The van der Waals surface area contributed by atoms with E-state index < -0.39 is 0 Å². The summed E-state index contributed by atoms with van der Waals surface area (Å²) in [5, 5.41) is 0. The van der Waals surface area contributed by atoms with Gasteiger partial charge in [0, 0.05) is 5.54 Å². The molecular weight excluding hydrogens is 198 g/mol. The smallest absolute Gasteiger partial charge is 0.122 e. The molecule has 1 aromatic carbocycles. The van der Waals surface area contributed by atoms with Gasteiger partial charge in [0.05, 0.1) is 7.11 Å². The number of ether oxygens (including phenoxy) is 1. The van der Waals surface area contributed by atoms with E-state index in [0.29, 0.717) is 0 Å². The normalized spacial score (nSPS) is 21.4. The first-order valence-electron chi connectivity index (χ1n) is 6.23. The Bertz CT molecular complexity index is 421. The summed E-state index contributed by atoms with van der Waals surface area (Å²) in [4.78, 5) is 0.